The van der Waals surface area contributed by atoms with Crippen LogP contribution in [0.25, 0.3) is 0 Å². The fourth-order valence-corrected chi connectivity index (χ4v) is 2.59. The molecule has 2 rings (SSSR count). The predicted octanol–water partition coefficient (Wildman–Crippen LogP) is 3.41. The molecule has 1 aromatic carbocycles. The van der Waals surface area contributed by atoms with Crippen LogP contribution in [0.2, 0.25) is 0 Å². The summed E-state index contributed by atoms with van der Waals surface area (Å²) in [4.78, 5) is 10.1. The molecular formula is C15H19N3S. The van der Waals surface area contributed by atoms with Gasteiger partial charge in [-0.25, -0.2) is 9.97 Å². The van der Waals surface area contributed by atoms with Crippen LogP contribution in [-0.2, 0) is 5.75 Å². The maximum Gasteiger partial charge on any atom is 0.138 e. The summed E-state index contributed by atoms with van der Waals surface area (Å²) >= 11 is 1.75. The molecule has 3 nitrogen and oxygen atoms in total. The van der Waals surface area contributed by atoms with Crippen LogP contribution in [0.5, 0.6) is 0 Å². The Morgan fingerprint density at radius 2 is 1.89 bits per heavy atom. The molecule has 1 atom stereocenters. The van der Waals surface area contributed by atoms with Crippen molar-refractivity contribution in [2.24, 2.45) is 5.73 Å². The Labute approximate surface area is 118 Å². The second-order valence-corrected chi connectivity index (χ2v) is 5.77. The molecule has 0 unspecified atom stereocenters. The zero-order valence-corrected chi connectivity index (χ0v) is 12.4. The molecule has 0 amide bonds. The monoisotopic (exact) mass is 273 g/mol. The first kappa shape index (κ1) is 14.0. The number of benzene rings is 1. The average molecular weight is 273 g/mol. The molecular weight excluding hydrogens is 254 g/mol. The first-order chi connectivity index (χ1) is 9.06. The molecule has 0 aliphatic heterocycles. The maximum absolute atomic E-state index is 5.86. The average Bonchev–Trinajstić information content (AvgIpc) is 2.37. The number of aromatic nitrogens is 2. The molecule has 0 saturated heterocycles. The van der Waals surface area contributed by atoms with Crippen molar-refractivity contribution in [1.29, 1.82) is 0 Å². The van der Waals surface area contributed by atoms with Gasteiger partial charge in [-0.2, -0.15) is 0 Å². The van der Waals surface area contributed by atoms with Gasteiger partial charge in [0.25, 0.3) is 0 Å². The van der Waals surface area contributed by atoms with E-state index in [4.69, 9.17) is 5.73 Å². The van der Waals surface area contributed by atoms with Crippen LogP contribution in [0.1, 0.15) is 35.6 Å². The molecule has 0 saturated carbocycles. The lowest BCUT2D eigenvalue weighted by molar-refractivity contribution is 0.781. The largest absolute Gasteiger partial charge is 0.324 e. The maximum atomic E-state index is 5.86. The van der Waals surface area contributed by atoms with Crippen molar-refractivity contribution < 1.29 is 0 Å². The summed E-state index contributed by atoms with van der Waals surface area (Å²) in [7, 11) is 0. The highest BCUT2D eigenvalue weighted by molar-refractivity contribution is 7.98. The highest BCUT2D eigenvalue weighted by Crippen LogP contribution is 2.22. The third-order valence-corrected chi connectivity index (χ3v) is 3.95. The summed E-state index contributed by atoms with van der Waals surface area (Å²) in [6.45, 7) is 6.03. The van der Waals surface area contributed by atoms with E-state index in [9.17, 15) is 0 Å². The minimum Gasteiger partial charge on any atom is -0.324 e. The lowest BCUT2D eigenvalue weighted by atomic mass is 10.1. The van der Waals surface area contributed by atoms with Gasteiger partial charge in [0.2, 0.25) is 0 Å². The van der Waals surface area contributed by atoms with Crippen LogP contribution < -0.4 is 5.73 Å². The lowest BCUT2D eigenvalue weighted by Gasteiger charge is -2.09. The molecule has 0 aliphatic carbocycles. The number of rotatable bonds is 4. The van der Waals surface area contributed by atoms with Crippen molar-refractivity contribution >= 4 is 11.8 Å². The van der Waals surface area contributed by atoms with E-state index in [0.717, 1.165) is 22.8 Å². The summed E-state index contributed by atoms with van der Waals surface area (Å²) in [5, 5.41) is 0. The number of hydrogen-bond donors (Lipinski definition) is 1. The molecule has 100 valence electrons. The molecule has 19 heavy (non-hydrogen) atoms. The highest BCUT2D eigenvalue weighted by Gasteiger charge is 2.07. The first-order valence-corrected chi connectivity index (χ1v) is 7.32. The van der Waals surface area contributed by atoms with E-state index in [1.165, 1.54) is 10.5 Å². The molecule has 0 spiro atoms. The van der Waals surface area contributed by atoms with Crippen molar-refractivity contribution in [2.75, 3.05) is 0 Å². The van der Waals surface area contributed by atoms with Crippen LogP contribution >= 0.6 is 11.8 Å². The SMILES string of the molecule is Cc1ccc(SCc2ncc([C@@H](C)N)c(C)n2)cc1. The van der Waals surface area contributed by atoms with E-state index in [1.807, 2.05) is 20.0 Å². The summed E-state index contributed by atoms with van der Waals surface area (Å²) in [6, 6.07) is 8.48. The topological polar surface area (TPSA) is 51.8 Å². The van der Waals surface area contributed by atoms with Crippen LogP contribution in [0.3, 0.4) is 0 Å². The summed E-state index contributed by atoms with van der Waals surface area (Å²) in [6.07, 6.45) is 1.85. The Hall–Kier alpha value is -1.39. The Bertz CT molecular complexity index is 550. The number of hydrogen-bond acceptors (Lipinski definition) is 4. The quantitative estimate of drug-likeness (QED) is 0.867. The minimum absolute atomic E-state index is 0.0150. The van der Waals surface area contributed by atoms with Gasteiger partial charge in [0.05, 0.1) is 5.75 Å². The second-order valence-electron chi connectivity index (χ2n) is 4.72. The molecule has 0 radical (unpaired) electrons. The Morgan fingerprint density at radius 3 is 2.47 bits per heavy atom. The van der Waals surface area contributed by atoms with E-state index in [2.05, 4.69) is 41.2 Å². The summed E-state index contributed by atoms with van der Waals surface area (Å²) in [5.74, 6) is 1.64. The Morgan fingerprint density at radius 1 is 1.21 bits per heavy atom. The van der Waals surface area contributed by atoms with Gasteiger partial charge in [0.1, 0.15) is 5.82 Å². The van der Waals surface area contributed by atoms with Crippen molar-refractivity contribution in [1.82, 2.24) is 9.97 Å². The first-order valence-electron chi connectivity index (χ1n) is 6.33. The zero-order valence-electron chi connectivity index (χ0n) is 11.6. The fourth-order valence-electron chi connectivity index (χ4n) is 1.82. The van der Waals surface area contributed by atoms with E-state index >= 15 is 0 Å². The molecule has 1 aromatic heterocycles. The normalized spacial score (nSPS) is 12.4. The molecule has 0 fully saturated rings. The van der Waals surface area contributed by atoms with Crippen LogP contribution in [0.15, 0.2) is 35.4 Å². The van der Waals surface area contributed by atoms with E-state index in [1.54, 1.807) is 11.8 Å². The molecule has 0 bridgehead atoms. The zero-order chi connectivity index (χ0) is 13.8. The third-order valence-electron chi connectivity index (χ3n) is 2.95. The standard InChI is InChI=1S/C15H19N3S/c1-10-4-6-13(7-5-10)19-9-15-17-8-14(11(2)16)12(3)18-15/h4-8,11H,9,16H2,1-3H3/t11-/m1/s1. The summed E-state index contributed by atoms with van der Waals surface area (Å²) in [5.41, 5.74) is 9.13. The second kappa shape index (κ2) is 6.17. The molecule has 1 heterocycles. The van der Waals surface area contributed by atoms with E-state index in [0.29, 0.717) is 0 Å². The fraction of sp³-hybridized carbons (Fsp3) is 0.333. The van der Waals surface area contributed by atoms with Crippen molar-refractivity contribution in [3.05, 3.63) is 53.1 Å². The van der Waals surface area contributed by atoms with Crippen LogP contribution in [-0.4, -0.2) is 9.97 Å². The number of nitrogens with zero attached hydrogens (tertiary/aromatic N) is 2. The highest BCUT2D eigenvalue weighted by atomic mass is 32.2. The van der Waals surface area contributed by atoms with Crippen molar-refractivity contribution in [3.8, 4) is 0 Å². The number of aryl methyl sites for hydroxylation is 2. The Balaban J connectivity index is 2.04. The van der Waals surface area contributed by atoms with Gasteiger partial charge in [-0.05, 0) is 32.9 Å². The molecule has 0 aliphatic rings. The predicted molar refractivity (Wildman–Crippen MR) is 80.1 cm³/mol. The van der Waals surface area contributed by atoms with Gasteiger partial charge in [-0.15, -0.1) is 11.8 Å². The summed E-state index contributed by atoms with van der Waals surface area (Å²) < 4.78 is 0. The number of thioether (sulfide) groups is 1. The van der Waals surface area contributed by atoms with Crippen LogP contribution in [0.4, 0.5) is 0 Å². The van der Waals surface area contributed by atoms with Gasteiger partial charge in [0, 0.05) is 28.4 Å². The van der Waals surface area contributed by atoms with Crippen molar-refractivity contribution in [3.63, 3.8) is 0 Å². The van der Waals surface area contributed by atoms with E-state index < -0.39 is 0 Å². The smallest absolute Gasteiger partial charge is 0.138 e. The van der Waals surface area contributed by atoms with Gasteiger partial charge >= 0.3 is 0 Å². The molecule has 2 N–H and O–H groups in total. The lowest BCUT2D eigenvalue weighted by Crippen LogP contribution is -2.10. The molecule has 4 heteroatoms. The minimum atomic E-state index is -0.0150. The van der Waals surface area contributed by atoms with Gasteiger partial charge in [-0.3, -0.25) is 0 Å². The third kappa shape index (κ3) is 3.78. The van der Waals surface area contributed by atoms with Gasteiger partial charge in [0.15, 0.2) is 0 Å². The van der Waals surface area contributed by atoms with Crippen molar-refractivity contribution in [2.45, 2.75) is 37.5 Å². The van der Waals surface area contributed by atoms with Gasteiger partial charge < -0.3 is 5.73 Å². The number of nitrogens with two attached hydrogens (primary N) is 1. The van der Waals surface area contributed by atoms with Crippen LogP contribution in [0, 0.1) is 13.8 Å². The van der Waals surface area contributed by atoms with Gasteiger partial charge in [-0.1, -0.05) is 17.7 Å². The molecule has 2 aromatic rings. The Kier molecular flexibility index (Phi) is 4.56. The van der Waals surface area contributed by atoms with E-state index in [-0.39, 0.29) is 6.04 Å².